The van der Waals surface area contributed by atoms with Crippen molar-refractivity contribution >= 4 is 11.9 Å². The topological polar surface area (TPSA) is 70.9 Å². The Balaban J connectivity index is 0. The zero-order valence-electron chi connectivity index (χ0n) is 11.8. The fourth-order valence-electron chi connectivity index (χ4n) is 0.688. The average Bonchev–Trinajstić information content (AvgIpc) is 2.16. The largest absolute Gasteiger partial charge is 0.550 e. The Morgan fingerprint density at radius 2 is 1.71 bits per heavy atom. The minimum absolute atomic E-state index is 0.0868. The zero-order chi connectivity index (χ0) is 14.1. The molecule has 0 aliphatic heterocycles. The van der Waals surface area contributed by atoms with Crippen molar-refractivity contribution in [2.45, 2.75) is 34.1 Å². The smallest absolute Gasteiger partial charge is 0.311 e. The summed E-state index contributed by atoms with van der Waals surface area (Å²) in [4.78, 5) is 21.6. The van der Waals surface area contributed by atoms with Crippen molar-refractivity contribution in [1.82, 2.24) is 0 Å². The van der Waals surface area contributed by atoms with Crippen molar-refractivity contribution in [2.75, 3.05) is 27.2 Å². The van der Waals surface area contributed by atoms with Crippen LogP contribution in [-0.2, 0) is 14.3 Å². The number of ether oxygens (including phenoxy) is 1. The first-order valence-electron chi connectivity index (χ1n) is 5.77. The van der Waals surface area contributed by atoms with Gasteiger partial charge in [-0.2, -0.15) is 0 Å². The molecule has 0 aliphatic rings. The molecule has 0 aromatic heterocycles. The molecule has 0 unspecified atom stereocenters. The lowest BCUT2D eigenvalue weighted by Crippen LogP contribution is -3.06. The number of carbonyl (C=O) groups is 2. The molecule has 0 radical (unpaired) electrons. The molecule has 102 valence electrons. The number of likely N-dealkylation sites (N-methyl/N-ethyl adjacent to an activating group) is 1. The Labute approximate surface area is 104 Å². The molecule has 0 fully saturated rings. The van der Waals surface area contributed by atoms with Crippen LogP contribution in [0.3, 0.4) is 0 Å². The van der Waals surface area contributed by atoms with Crippen molar-refractivity contribution < 1.29 is 24.3 Å². The van der Waals surface area contributed by atoms with Crippen LogP contribution in [0, 0.1) is 5.41 Å². The van der Waals surface area contributed by atoms with Crippen molar-refractivity contribution in [3.63, 3.8) is 0 Å². The van der Waals surface area contributed by atoms with E-state index < -0.39 is 5.97 Å². The molecule has 1 N–H and O–H groups in total. The summed E-state index contributed by atoms with van der Waals surface area (Å²) in [6.45, 7) is 8.18. The number of quaternary nitrogens is 1. The summed E-state index contributed by atoms with van der Waals surface area (Å²) in [7, 11) is 4.08. The van der Waals surface area contributed by atoms with E-state index in [1.807, 2.05) is 34.9 Å². The van der Waals surface area contributed by atoms with Crippen LogP contribution in [-0.4, -0.2) is 39.2 Å². The first-order valence-corrected chi connectivity index (χ1v) is 5.77. The first-order chi connectivity index (χ1) is 7.63. The fraction of sp³-hybridized carbons (Fsp3) is 0.833. The second kappa shape index (κ2) is 8.98. The maximum atomic E-state index is 11.4. The molecular formula is C12H25NO4. The third-order valence-corrected chi connectivity index (χ3v) is 2.27. The Morgan fingerprint density at radius 3 is 2.00 bits per heavy atom. The highest BCUT2D eigenvalue weighted by atomic mass is 16.5. The van der Waals surface area contributed by atoms with Gasteiger partial charge in [0.1, 0.15) is 13.2 Å². The van der Waals surface area contributed by atoms with Gasteiger partial charge in [0, 0.05) is 5.97 Å². The molecule has 0 amide bonds. The summed E-state index contributed by atoms with van der Waals surface area (Å²) in [5, 5.41) is 8.89. The number of esters is 1. The van der Waals surface area contributed by atoms with Gasteiger partial charge in [0.25, 0.3) is 0 Å². The average molecular weight is 247 g/mol. The van der Waals surface area contributed by atoms with Gasteiger partial charge in [-0.1, -0.05) is 6.92 Å². The van der Waals surface area contributed by atoms with E-state index in [9.17, 15) is 4.79 Å². The van der Waals surface area contributed by atoms with Gasteiger partial charge in [0.15, 0.2) is 0 Å². The second-order valence-electron chi connectivity index (χ2n) is 4.82. The predicted octanol–water partition coefficient (Wildman–Crippen LogP) is -1.13. The van der Waals surface area contributed by atoms with E-state index in [0.29, 0.717) is 6.61 Å². The summed E-state index contributed by atoms with van der Waals surface area (Å²) in [6.07, 6.45) is 0.820. The highest BCUT2D eigenvalue weighted by Crippen LogP contribution is 2.20. The van der Waals surface area contributed by atoms with Crippen LogP contribution >= 0.6 is 0 Å². The Morgan fingerprint density at radius 1 is 1.29 bits per heavy atom. The van der Waals surface area contributed by atoms with Crippen LogP contribution in [0.4, 0.5) is 0 Å². The standard InChI is InChI=1S/C10H21NO2.C2H4O2/c1-6-10(2,3)9(12)13-8-7-11(4)5;1-2(3)4/h6-8H2,1-5H3;1H3,(H,3,4). The number of hydrogen-bond donors (Lipinski definition) is 1. The molecule has 0 aromatic rings. The monoisotopic (exact) mass is 247 g/mol. The highest BCUT2D eigenvalue weighted by Gasteiger charge is 2.26. The number of carboxylic acids is 1. The van der Waals surface area contributed by atoms with Gasteiger partial charge in [-0.25, -0.2) is 0 Å². The van der Waals surface area contributed by atoms with Gasteiger partial charge in [-0.3, -0.25) is 4.79 Å². The molecule has 0 saturated heterocycles. The Bertz CT molecular complexity index is 233. The van der Waals surface area contributed by atoms with Gasteiger partial charge in [0.2, 0.25) is 0 Å². The molecule has 0 aliphatic carbocycles. The van der Waals surface area contributed by atoms with E-state index in [-0.39, 0.29) is 11.4 Å². The van der Waals surface area contributed by atoms with E-state index in [1.165, 1.54) is 4.90 Å². The predicted molar refractivity (Wildman–Crippen MR) is 63.4 cm³/mol. The van der Waals surface area contributed by atoms with E-state index in [4.69, 9.17) is 14.6 Å². The van der Waals surface area contributed by atoms with Crippen LogP contribution in [0.25, 0.3) is 0 Å². The van der Waals surface area contributed by atoms with Crippen molar-refractivity contribution in [3.05, 3.63) is 0 Å². The number of aliphatic carboxylic acids is 1. The lowest BCUT2D eigenvalue weighted by atomic mass is 9.91. The van der Waals surface area contributed by atoms with Crippen LogP contribution in [0.1, 0.15) is 34.1 Å². The second-order valence-corrected chi connectivity index (χ2v) is 4.82. The third kappa shape index (κ3) is 12.8. The minimum atomic E-state index is -1.08. The molecule has 0 rings (SSSR count). The summed E-state index contributed by atoms with van der Waals surface area (Å²) in [5.41, 5.74) is -0.332. The highest BCUT2D eigenvalue weighted by molar-refractivity contribution is 5.75. The van der Waals surface area contributed by atoms with Crippen molar-refractivity contribution in [1.29, 1.82) is 0 Å². The molecule has 0 bridgehead atoms. The van der Waals surface area contributed by atoms with Gasteiger partial charge in [-0.05, 0) is 27.2 Å². The molecule has 0 spiro atoms. The number of carbonyl (C=O) groups excluding carboxylic acids is 2. The number of carboxylic acid groups (broad SMARTS) is 1. The summed E-state index contributed by atoms with van der Waals surface area (Å²) in [5.74, 6) is -1.17. The molecule has 5 nitrogen and oxygen atoms in total. The van der Waals surface area contributed by atoms with E-state index in [2.05, 4.69) is 0 Å². The normalized spacial score (nSPS) is 10.5. The molecule has 5 heteroatoms. The summed E-state index contributed by atoms with van der Waals surface area (Å²) >= 11 is 0. The molecule has 0 saturated carbocycles. The van der Waals surface area contributed by atoms with E-state index in [1.54, 1.807) is 0 Å². The summed E-state index contributed by atoms with van der Waals surface area (Å²) < 4.78 is 5.15. The molecular weight excluding hydrogens is 222 g/mol. The van der Waals surface area contributed by atoms with Gasteiger partial charge < -0.3 is 19.5 Å². The zero-order valence-corrected chi connectivity index (χ0v) is 11.8. The van der Waals surface area contributed by atoms with E-state index in [0.717, 1.165) is 19.9 Å². The maximum Gasteiger partial charge on any atom is 0.311 e. The number of nitrogens with one attached hydrogen (secondary N) is 1. The van der Waals surface area contributed by atoms with Crippen LogP contribution in [0.2, 0.25) is 0 Å². The quantitative estimate of drug-likeness (QED) is 0.624. The van der Waals surface area contributed by atoms with Crippen LogP contribution in [0.5, 0.6) is 0 Å². The molecule has 17 heavy (non-hydrogen) atoms. The lowest BCUT2D eigenvalue weighted by molar-refractivity contribution is -0.858. The lowest BCUT2D eigenvalue weighted by Gasteiger charge is -2.20. The number of hydrogen-bond acceptors (Lipinski definition) is 4. The van der Waals surface area contributed by atoms with Gasteiger partial charge in [-0.15, -0.1) is 0 Å². The minimum Gasteiger partial charge on any atom is -0.550 e. The fourth-order valence-corrected chi connectivity index (χ4v) is 0.688. The maximum absolute atomic E-state index is 11.4. The molecule has 0 heterocycles. The van der Waals surface area contributed by atoms with E-state index >= 15 is 0 Å². The van der Waals surface area contributed by atoms with Crippen LogP contribution in [0.15, 0.2) is 0 Å². The molecule has 0 aromatic carbocycles. The van der Waals surface area contributed by atoms with Gasteiger partial charge >= 0.3 is 5.97 Å². The van der Waals surface area contributed by atoms with Crippen molar-refractivity contribution in [3.8, 4) is 0 Å². The van der Waals surface area contributed by atoms with Crippen molar-refractivity contribution in [2.24, 2.45) is 5.41 Å². The third-order valence-electron chi connectivity index (χ3n) is 2.27. The first kappa shape index (κ1) is 18.3. The number of rotatable bonds is 5. The Kier molecular flexibility index (Phi) is 9.66. The summed E-state index contributed by atoms with van der Waals surface area (Å²) in [6, 6.07) is 0. The Hall–Kier alpha value is -1.10. The van der Waals surface area contributed by atoms with Gasteiger partial charge in [0.05, 0.1) is 19.5 Å². The SMILES string of the molecule is CC(=O)[O-].CCC(C)(C)C(=O)OCC[NH+](C)C. The molecule has 0 atom stereocenters. The van der Waals surface area contributed by atoms with Crippen LogP contribution < -0.4 is 10.0 Å².